The van der Waals surface area contributed by atoms with E-state index in [1.807, 2.05) is 0 Å². The summed E-state index contributed by atoms with van der Waals surface area (Å²) < 4.78 is 10.4. The van der Waals surface area contributed by atoms with Gasteiger partial charge in [-0.05, 0) is 18.2 Å². The summed E-state index contributed by atoms with van der Waals surface area (Å²) in [6.45, 7) is 0. The molecular formula is C14H11N3O5S. The second-order valence-corrected chi connectivity index (χ2v) is 5.22. The Kier molecular flexibility index (Phi) is 4.11. The fraction of sp³-hybridized carbons (Fsp3) is 0.0714. The Bertz CT molecular complexity index is 834. The molecular weight excluding hydrogens is 322 g/mol. The Labute approximate surface area is 134 Å². The normalized spacial score (nSPS) is 11.4. The van der Waals surface area contributed by atoms with Crippen molar-refractivity contribution in [2.45, 2.75) is 0 Å². The molecule has 0 unspecified atom stereocenters. The molecule has 3 aromatic rings. The highest BCUT2D eigenvalue weighted by Gasteiger charge is 2.16. The Morgan fingerprint density at radius 2 is 2.30 bits per heavy atom. The number of rotatable bonds is 6. The molecule has 0 amide bonds. The first-order valence-corrected chi connectivity index (χ1v) is 7.26. The number of thiophene rings is 1. The van der Waals surface area contributed by atoms with Gasteiger partial charge in [-0.3, -0.25) is 0 Å². The van der Waals surface area contributed by atoms with Crippen molar-refractivity contribution in [2.75, 3.05) is 12.4 Å². The fourth-order valence-corrected chi connectivity index (χ4v) is 2.62. The molecule has 0 saturated carbocycles. The van der Waals surface area contributed by atoms with Crippen LogP contribution in [0.5, 0.6) is 0 Å². The number of furan rings is 1. The van der Waals surface area contributed by atoms with Gasteiger partial charge in [-0.1, -0.05) is 10.3 Å². The van der Waals surface area contributed by atoms with Gasteiger partial charge in [0.1, 0.15) is 7.11 Å². The molecule has 0 aliphatic rings. The highest BCUT2D eigenvalue weighted by molar-refractivity contribution is 7.14. The highest BCUT2D eigenvalue weighted by atomic mass is 32.1. The first-order chi connectivity index (χ1) is 11.2. The molecule has 0 fully saturated rings. The van der Waals surface area contributed by atoms with Crippen molar-refractivity contribution in [1.29, 1.82) is 0 Å². The van der Waals surface area contributed by atoms with Gasteiger partial charge in [0, 0.05) is 17.0 Å². The number of anilines is 2. The average Bonchev–Trinajstić information content (AvgIpc) is 3.26. The number of aliphatic carboxylic acids is 1. The zero-order valence-electron chi connectivity index (χ0n) is 11.8. The van der Waals surface area contributed by atoms with Crippen LogP contribution in [0.1, 0.15) is 5.56 Å². The second-order valence-electron chi connectivity index (χ2n) is 4.31. The number of oxime groups is 1. The minimum atomic E-state index is -1.17. The quantitative estimate of drug-likeness (QED) is 0.526. The van der Waals surface area contributed by atoms with Gasteiger partial charge in [-0.15, -0.1) is 11.3 Å². The first-order valence-electron chi connectivity index (χ1n) is 6.38. The smallest absolute Gasteiger partial charge is 0.358 e. The minimum absolute atomic E-state index is 0.173. The highest BCUT2D eigenvalue weighted by Crippen LogP contribution is 2.28. The van der Waals surface area contributed by atoms with Crippen molar-refractivity contribution in [1.82, 2.24) is 5.16 Å². The molecule has 8 nitrogen and oxygen atoms in total. The van der Waals surface area contributed by atoms with Crippen LogP contribution >= 0.6 is 11.3 Å². The molecule has 0 bridgehead atoms. The summed E-state index contributed by atoms with van der Waals surface area (Å²) in [7, 11) is 1.29. The third kappa shape index (κ3) is 3.24. The number of hydrogen-bond acceptors (Lipinski definition) is 8. The van der Waals surface area contributed by atoms with E-state index in [2.05, 4.69) is 20.5 Å². The van der Waals surface area contributed by atoms with E-state index in [-0.39, 0.29) is 5.71 Å². The number of carboxylic acids is 1. The van der Waals surface area contributed by atoms with Gasteiger partial charge in [-0.25, -0.2) is 4.79 Å². The number of nitrogens with zero attached hydrogens (tertiary/aromatic N) is 2. The van der Waals surface area contributed by atoms with Crippen LogP contribution in [-0.4, -0.2) is 29.1 Å². The first kappa shape index (κ1) is 14.9. The number of carboxylic acid groups (broad SMARTS) is 1. The lowest BCUT2D eigenvalue weighted by Gasteiger charge is -1.97. The van der Waals surface area contributed by atoms with Crippen LogP contribution in [0.15, 0.2) is 50.0 Å². The molecule has 9 heteroatoms. The van der Waals surface area contributed by atoms with Gasteiger partial charge in [0.05, 0.1) is 11.3 Å². The second kappa shape index (κ2) is 6.36. The summed E-state index contributed by atoms with van der Waals surface area (Å²) in [5.74, 6) is 0.363. The summed E-state index contributed by atoms with van der Waals surface area (Å²) in [5, 5.41) is 21.9. The van der Waals surface area contributed by atoms with Crippen LogP contribution in [0.3, 0.4) is 0 Å². The summed E-state index contributed by atoms with van der Waals surface area (Å²) in [4.78, 5) is 15.7. The standard InChI is InChI=1S/C14H11N3O5S/c1-20-17-13(14(18)19)8-5-12(23-7-8)15-11-6-10(22-16-11)9-3-2-4-21-9/h2-7H,1H3,(H,15,16)(H,18,19)/b17-13+. The molecule has 3 aromatic heterocycles. The van der Waals surface area contributed by atoms with Crippen LogP contribution in [-0.2, 0) is 9.63 Å². The topological polar surface area (TPSA) is 110 Å². The summed E-state index contributed by atoms with van der Waals surface area (Å²) >= 11 is 1.31. The molecule has 0 saturated heterocycles. The Morgan fingerprint density at radius 3 is 3.00 bits per heavy atom. The van der Waals surface area contributed by atoms with Gasteiger partial charge in [-0.2, -0.15) is 0 Å². The lowest BCUT2D eigenvalue weighted by Crippen LogP contribution is -2.13. The van der Waals surface area contributed by atoms with Gasteiger partial charge in [0.25, 0.3) is 0 Å². The van der Waals surface area contributed by atoms with Gasteiger partial charge in [0.15, 0.2) is 17.3 Å². The number of hydrogen-bond donors (Lipinski definition) is 2. The molecule has 23 heavy (non-hydrogen) atoms. The SMILES string of the molecule is CO/N=C(/C(=O)O)c1csc(Nc2cc(-c3ccco3)on2)c1. The number of carbonyl (C=O) groups is 1. The molecule has 3 heterocycles. The molecule has 0 aliphatic heterocycles. The van der Waals surface area contributed by atoms with Crippen molar-refractivity contribution < 1.29 is 23.7 Å². The van der Waals surface area contributed by atoms with E-state index in [1.165, 1.54) is 18.4 Å². The Hall–Kier alpha value is -3.07. The van der Waals surface area contributed by atoms with Crippen LogP contribution in [0, 0.1) is 0 Å². The predicted octanol–water partition coefficient (Wildman–Crippen LogP) is 3.17. The van der Waals surface area contributed by atoms with E-state index in [1.54, 1.807) is 35.9 Å². The Morgan fingerprint density at radius 1 is 1.43 bits per heavy atom. The molecule has 0 aromatic carbocycles. The average molecular weight is 333 g/mol. The van der Waals surface area contributed by atoms with Gasteiger partial charge in [0.2, 0.25) is 5.76 Å². The Balaban J connectivity index is 1.77. The van der Waals surface area contributed by atoms with Crippen molar-refractivity contribution in [3.8, 4) is 11.5 Å². The molecule has 0 atom stereocenters. The van der Waals surface area contributed by atoms with E-state index in [0.717, 1.165) is 0 Å². The van der Waals surface area contributed by atoms with Crippen molar-refractivity contribution >= 4 is 33.8 Å². The van der Waals surface area contributed by atoms with Gasteiger partial charge >= 0.3 is 5.97 Å². The maximum absolute atomic E-state index is 11.1. The fourth-order valence-electron chi connectivity index (χ4n) is 1.83. The third-order valence-corrected chi connectivity index (χ3v) is 3.63. The van der Waals surface area contributed by atoms with E-state index in [9.17, 15) is 4.79 Å². The summed E-state index contributed by atoms with van der Waals surface area (Å²) in [6.07, 6.45) is 1.54. The van der Waals surface area contributed by atoms with Crippen molar-refractivity contribution in [3.05, 3.63) is 41.5 Å². The van der Waals surface area contributed by atoms with E-state index >= 15 is 0 Å². The molecule has 3 rings (SSSR count). The molecule has 118 valence electrons. The maximum Gasteiger partial charge on any atom is 0.358 e. The summed E-state index contributed by atoms with van der Waals surface area (Å²) in [5.41, 5.74) is 0.259. The monoisotopic (exact) mass is 333 g/mol. The zero-order chi connectivity index (χ0) is 16.2. The maximum atomic E-state index is 11.1. The number of aromatic nitrogens is 1. The van der Waals surface area contributed by atoms with Crippen LogP contribution in [0.25, 0.3) is 11.5 Å². The predicted molar refractivity (Wildman–Crippen MR) is 83.0 cm³/mol. The van der Waals surface area contributed by atoms with E-state index in [4.69, 9.17) is 14.0 Å². The largest absolute Gasteiger partial charge is 0.476 e. The third-order valence-electron chi connectivity index (χ3n) is 2.78. The lowest BCUT2D eigenvalue weighted by molar-refractivity contribution is -0.129. The van der Waals surface area contributed by atoms with Crippen LogP contribution in [0.4, 0.5) is 10.8 Å². The zero-order valence-corrected chi connectivity index (χ0v) is 12.7. The molecule has 2 N–H and O–H groups in total. The molecule has 0 aliphatic carbocycles. The molecule has 0 spiro atoms. The van der Waals surface area contributed by atoms with E-state index in [0.29, 0.717) is 27.9 Å². The van der Waals surface area contributed by atoms with E-state index < -0.39 is 5.97 Å². The van der Waals surface area contributed by atoms with Crippen molar-refractivity contribution in [2.24, 2.45) is 5.16 Å². The molecule has 0 radical (unpaired) electrons. The minimum Gasteiger partial charge on any atom is -0.476 e. The van der Waals surface area contributed by atoms with Crippen LogP contribution in [0.2, 0.25) is 0 Å². The lowest BCUT2D eigenvalue weighted by atomic mass is 10.2. The van der Waals surface area contributed by atoms with Gasteiger partial charge < -0.3 is 24.2 Å². The van der Waals surface area contributed by atoms with Crippen molar-refractivity contribution in [3.63, 3.8) is 0 Å². The summed E-state index contributed by atoms with van der Waals surface area (Å²) in [6, 6.07) is 6.82. The van der Waals surface area contributed by atoms with Crippen LogP contribution < -0.4 is 5.32 Å². The number of nitrogens with one attached hydrogen (secondary N) is 1.